The molecule has 2 fully saturated rings. The molecule has 1 amide bonds. The number of aromatic hydroxyl groups is 1. The van der Waals surface area contributed by atoms with Gasteiger partial charge in [-0.15, -0.1) is 0 Å². The number of phenolic OH excluding ortho intramolecular Hbond substituents is 1. The number of nitrogens with zero attached hydrogens (tertiary/aromatic N) is 4. The van der Waals surface area contributed by atoms with Crippen LogP contribution in [-0.4, -0.2) is 68.7 Å². The fourth-order valence-electron chi connectivity index (χ4n) is 6.87. The molecule has 3 aromatic heterocycles. The van der Waals surface area contributed by atoms with E-state index in [0.29, 0.717) is 31.4 Å². The van der Waals surface area contributed by atoms with E-state index < -0.39 is 5.82 Å². The average Bonchev–Trinajstić information content (AvgIpc) is 3.35. The lowest BCUT2D eigenvalue weighted by molar-refractivity contribution is 0.0924. The SMILES string of the molecule is O=C(N[C@H]1CC[C@@H](NCc2ncc3ccccn23)CC1)c1cc(F)cnc1Nc1cccc(-c2ccc(O)cc2CN2CCCOCC2)c1. The third kappa shape index (κ3) is 8.07. The molecule has 0 unspecified atom stereocenters. The Bertz CT molecular complexity index is 1900. The van der Waals surface area contributed by atoms with Gasteiger partial charge in [0, 0.05) is 50.2 Å². The number of rotatable bonds is 10. The summed E-state index contributed by atoms with van der Waals surface area (Å²) in [6.45, 7) is 4.58. The van der Waals surface area contributed by atoms with Gasteiger partial charge in [-0.2, -0.15) is 0 Å². The number of halogens is 1. The number of phenols is 1. The standard InChI is InChI=1S/C38H42FN7O3/c39-28-21-35(38(48)44-30-10-8-29(9-11-30)40-24-36-41-23-32-7-1-2-15-46(32)36)37(42-22-28)43-31-6-3-5-26(19-31)34-13-12-33(47)20-27(34)25-45-14-4-17-49-18-16-45/h1-3,5-7,12-13,15,19-23,29-30,40,47H,4,8-11,14,16-18,24-25H2,(H,42,43)(H,44,48)/t29-,30+. The molecule has 4 heterocycles. The number of fused-ring (bicyclic) bond motifs is 1. The van der Waals surface area contributed by atoms with E-state index in [0.717, 1.165) is 86.0 Å². The molecule has 2 aromatic carbocycles. The van der Waals surface area contributed by atoms with Crippen LogP contribution in [0.2, 0.25) is 0 Å². The van der Waals surface area contributed by atoms with Crippen molar-refractivity contribution in [3.05, 3.63) is 108 Å². The summed E-state index contributed by atoms with van der Waals surface area (Å²) in [6, 6.07) is 20.9. The highest BCUT2D eigenvalue weighted by Gasteiger charge is 2.25. The molecular weight excluding hydrogens is 621 g/mol. The quantitative estimate of drug-likeness (QED) is 0.143. The van der Waals surface area contributed by atoms with Crippen molar-refractivity contribution in [3.8, 4) is 16.9 Å². The predicted molar refractivity (Wildman–Crippen MR) is 187 cm³/mol. The number of nitrogens with one attached hydrogen (secondary N) is 3. The summed E-state index contributed by atoms with van der Waals surface area (Å²) in [6.07, 6.45) is 9.45. The first kappa shape index (κ1) is 32.7. The second-order valence-electron chi connectivity index (χ2n) is 12.9. The summed E-state index contributed by atoms with van der Waals surface area (Å²) in [5.41, 5.74) is 4.90. The second kappa shape index (κ2) is 15.1. The van der Waals surface area contributed by atoms with Crippen molar-refractivity contribution in [3.63, 3.8) is 0 Å². The molecule has 4 N–H and O–H groups in total. The van der Waals surface area contributed by atoms with Crippen molar-refractivity contribution in [1.82, 2.24) is 29.9 Å². The van der Waals surface area contributed by atoms with E-state index in [1.807, 2.05) is 67.0 Å². The van der Waals surface area contributed by atoms with Gasteiger partial charge in [0.1, 0.15) is 23.2 Å². The van der Waals surface area contributed by atoms with Crippen LogP contribution in [-0.2, 0) is 17.8 Å². The largest absolute Gasteiger partial charge is 0.508 e. The minimum absolute atomic E-state index is 0.0130. The van der Waals surface area contributed by atoms with Crippen LogP contribution in [0.4, 0.5) is 15.9 Å². The first-order valence-electron chi connectivity index (χ1n) is 17.1. The number of amides is 1. The number of ether oxygens (including phenoxy) is 1. The smallest absolute Gasteiger partial charge is 0.255 e. The lowest BCUT2D eigenvalue weighted by Crippen LogP contribution is -2.42. The van der Waals surface area contributed by atoms with Gasteiger partial charge in [-0.25, -0.2) is 14.4 Å². The highest BCUT2D eigenvalue weighted by Crippen LogP contribution is 2.31. The normalized spacial score (nSPS) is 18.6. The summed E-state index contributed by atoms with van der Waals surface area (Å²) in [5, 5.41) is 20.3. The van der Waals surface area contributed by atoms with Crippen molar-refractivity contribution in [2.24, 2.45) is 0 Å². The van der Waals surface area contributed by atoms with Crippen molar-refractivity contribution < 1.29 is 19.0 Å². The van der Waals surface area contributed by atoms with Gasteiger partial charge in [0.15, 0.2) is 0 Å². The zero-order valence-corrected chi connectivity index (χ0v) is 27.4. The Labute approximate surface area is 285 Å². The van der Waals surface area contributed by atoms with Crippen molar-refractivity contribution in [2.75, 3.05) is 31.6 Å². The lowest BCUT2D eigenvalue weighted by atomic mass is 9.91. The van der Waals surface area contributed by atoms with Gasteiger partial charge in [-0.05, 0) is 91.3 Å². The molecule has 5 aromatic rings. The number of benzene rings is 2. The molecule has 254 valence electrons. The van der Waals surface area contributed by atoms with E-state index in [9.17, 15) is 14.3 Å². The number of hydrogen-bond donors (Lipinski definition) is 4. The maximum atomic E-state index is 14.4. The third-order valence-electron chi connectivity index (χ3n) is 9.46. The van der Waals surface area contributed by atoms with Crippen LogP contribution in [0.5, 0.6) is 5.75 Å². The summed E-state index contributed by atoms with van der Waals surface area (Å²) in [5.74, 6) is 0.554. The predicted octanol–water partition coefficient (Wildman–Crippen LogP) is 6.04. The van der Waals surface area contributed by atoms with Crippen LogP contribution in [0.3, 0.4) is 0 Å². The number of pyridine rings is 2. The van der Waals surface area contributed by atoms with Gasteiger partial charge >= 0.3 is 0 Å². The van der Waals surface area contributed by atoms with Crippen LogP contribution in [0.1, 0.15) is 53.8 Å². The molecule has 1 aliphatic heterocycles. The topological polar surface area (TPSA) is 116 Å². The molecule has 0 radical (unpaired) electrons. The zero-order chi connectivity index (χ0) is 33.6. The molecule has 1 saturated heterocycles. The molecule has 0 bridgehead atoms. The van der Waals surface area contributed by atoms with E-state index in [-0.39, 0.29) is 29.1 Å². The number of imidazole rings is 1. The fraction of sp³-hybridized carbons (Fsp3) is 0.342. The lowest BCUT2D eigenvalue weighted by Gasteiger charge is -2.30. The van der Waals surface area contributed by atoms with Crippen molar-refractivity contribution >= 4 is 22.9 Å². The van der Waals surface area contributed by atoms with Crippen LogP contribution in [0.25, 0.3) is 16.6 Å². The molecule has 1 aliphatic carbocycles. The summed E-state index contributed by atoms with van der Waals surface area (Å²) >= 11 is 0. The Morgan fingerprint density at radius 1 is 0.939 bits per heavy atom. The molecule has 2 aliphatic rings. The number of hydrogen-bond acceptors (Lipinski definition) is 8. The Balaban J connectivity index is 0.994. The summed E-state index contributed by atoms with van der Waals surface area (Å²) in [4.78, 5) is 24.7. The molecule has 11 heteroatoms. The molecule has 49 heavy (non-hydrogen) atoms. The number of carbonyl (C=O) groups is 1. The van der Waals surface area contributed by atoms with Crippen LogP contribution >= 0.6 is 0 Å². The van der Waals surface area contributed by atoms with E-state index in [2.05, 4.69) is 35.2 Å². The van der Waals surface area contributed by atoms with Gasteiger partial charge in [-0.1, -0.05) is 24.3 Å². The summed E-state index contributed by atoms with van der Waals surface area (Å²) < 4.78 is 22.1. The number of carbonyl (C=O) groups excluding carboxylic acids is 1. The van der Waals surface area contributed by atoms with Gasteiger partial charge in [0.25, 0.3) is 5.91 Å². The van der Waals surface area contributed by atoms with Crippen LogP contribution in [0.15, 0.2) is 85.3 Å². The Morgan fingerprint density at radius 3 is 2.71 bits per heavy atom. The van der Waals surface area contributed by atoms with E-state index >= 15 is 0 Å². The van der Waals surface area contributed by atoms with E-state index in [1.54, 1.807) is 6.07 Å². The van der Waals surface area contributed by atoms with Crippen LogP contribution < -0.4 is 16.0 Å². The minimum atomic E-state index is -0.573. The molecule has 10 nitrogen and oxygen atoms in total. The fourth-order valence-corrected chi connectivity index (χ4v) is 6.87. The molecular formula is C38H42FN7O3. The Hall–Kier alpha value is -4.84. The van der Waals surface area contributed by atoms with Gasteiger partial charge < -0.3 is 30.2 Å². The highest BCUT2D eigenvalue weighted by molar-refractivity contribution is 5.99. The first-order chi connectivity index (χ1) is 24.0. The molecule has 0 atom stereocenters. The molecule has 0 spiro atoms. The second-order valence-corrected chi connectivity index (χ2v) is 12.9. The first-order valence-corrected chi connectivity index (χ1v) is 17.1. The monoisotopic (exact) mass is 663 g/mol. The number of aromatic nitrogens is 3. The van der Waals surface area contributed by atoms with Gasteiger partial charge in [0.2, 0.25) is 0 Å². The van der Waals surface area contributed by atoms with Crippen LogP contribution in [0, 0.1) is 5.82 Å². The maximum Gasteiger partial charge on any atom is 0.255 e. The maximum absolute atomic E-state index is 14.4. The van der Waals surface area contributed by atoms with Crippen molar-refractivity contribution in [2.45, 2.75) is 57.3 Å². The number of anilines is 2. The Kier molecular flexibility index (Phi) is 10.1. The summed E-state index contributed by atoms with van der Waals surface area (Å²) in [7, 11) is 0. The van der Waals surface area contributed by atoms with E-state index in [1.165, 1.54) is 6.07 Å². The van der Waals surface area contributed by atoms with E-state index in [4.69, 9.17) is 4.74 Å². The van der Waals surface area contributed by atoms with Gasteiger partial charge in [0.05, 0.1) is 36.6 Å². The van der Waals surface area contributed by atoms with Crippen molar-refractivity contribution in [1.29, 1.82) is 0 Å². The Morgan fingerprint density at radius 2 is 1.82 bits per heavy atom. The third-order valence-corrected chi connectivity index (χ3v) is 9.46. The molecule has 1 saturated carbocycles. The average molecular weight is 664 g/mol. The van der Waals surface area contributed by atoms with Gasteiger partial charge in [-0.3, -0.25) is 9.69 Å². The zero-order valence-electron chi connectivity index (χ0n) is 27.4. The minimum Gasteiger partial charge on any atom is -0.508 e. The molecule has 7 rings (SSSR count). The highest BCUT2D eigenvalue weighted by atomic mass is 19.1.